The number of nitrogens with zero attached hydrogens (tertiary/aromatic N) is 1. The molecule has 0 N–H and O–H groups in total. The van der Waals surface area contributed by atoms with Gasteiger partial charge in [-0.25, -0.2) is 5.06 Å². The van der Waals surface area contributed by atoms with Crippen LogP contribution >= 0.6 is 0 Å². The molecule has 0 aliphatic carbocycles. The number of unbranched alkanes of at least 4 members (excludes halogenated alkanes) is 15. The molecule has 0 bridgehead atoms. The van der Waals surface area contributed by atoms with Gasteiger partial charge >= 0.3 is 0 Å². The summed E-state index contributed by atoms with van der Waals surface area (Å²) in [6.07, 6.45) is 21.7. The van der Waals surface area contributed by atoms with Gasteiger partial charge in [0.25, 0.3) is 5.91 Å². The number of carbonyl (C=O) groups excluding carboxylic acids is 1. The fourth-order valence-electron chi connectivity index (χ4n) is 3.80. The molecule has 1 aromatic rings. The van der Waals surface area contributed by atoms with Gasteiger partial charge in [0.2, 0.25) is 0 Å². The van der Waals surface area contributed by atoms with Gasteiger partial charge in [0.1, 0.15) is 0 Å². The summed E-state index contributed by atoms with van der Waals surface area (Å²) in [5.41, 5.74) is 0.686. The van der Waals surface area contributed by atoms with Crippen LogP contribution in [-0.4, -0.2) is 24.6 Å². The van der Waals surface area contributed by atoms with Crippen LogP contribution in [0.1, 0.15) is 120 Å². The van der Waals surface area contributed by atoms with Crippen molar-refractivity contribution in [3.63, 3.8) is 0 Å². The average Bonchev–Trinajstić information content (AvgIpc) is 2.76. The van der Waals surface area contributed by atoms with E-state index in [9.17, 15) is 4.79 Å². The van der Waals surface area contributed by atoms with Crippen molar-refractivity contribution in [2.45, 2.75) is 110 Å². The summed E-state index contributed by atoms with van der Waals surface area (Å²) < 4.78 is 0. The Morgan fingerprint density at radius 1 is 0.690 bits per heavy atom. The summed E-state index contributed by atoms with van der Waals surface area (Å²) in [6, 6.07) is 9.36. The number of rotatable bonds is 19. The number of amides is 1. The monoisotopic (exact) mass is 403 g/mol. The van der Waals surface area contributed by atoms with Crippen molar-refractivity contribution in [2.24, 2.45) is 0 Å². The van der Waals surface area contributed by atoms with E-state index in [-0.39, 0.29) is 5.91 Å². The molecule has 29 heavy (non-hydrogen) atoms. The fraction of sp³-hybridized carbons (Fsp3) is 0.731. The second-order valence-corrected chi connectivity index (χ2v) is 8.26. The molecule has 0 radical (unpaired) electrons. The minimum absolute atomic E-state index is 0.0472. The van der Waals surface area contributed by atoms with Gasteiger partial charge in [0.05, 0.1) is 7.11 Å². The van der Waals surface area contributed by atoms with Crippen LogP contribution in [0.25, 0.3) is 0 Å². The molecule has 3 heteroatoms. The van der Waals surface area contributed by atoms with Crippen LogP contribution < -0.4 is 0 Å². The van der Waals surface area contributed by atoms with E-state index >= 15 is 0 Å². The Kier molecular flexibility index (Phi) is 16.5. The van der Waals surface area contributed by atoms with Crippen molar-refractivity contribution in [2.75, 3.05) is 13.7 Å². The van der Waals surface area contributed by atoms with E-state index in [0.717, 1.165) is 6.42 Å². The zero-order chi connectivity index (χ0) is 21.0. The maximum atomic E-state index is 12.4. The van der Waals surface area contributed by atoms with E-state index in [1.165, 1.54) is 101 Å². The van der Waals surface area contributed by atoms with Crippen LogP contribution in [0, 0.1) is 0 Å². The quantitative estimate of drug-likeness (QED) is 0.173. The Labute approximate surface area is 180 Å². The molecule has 0 aromatic heterocycles. The van der Waals surface area contributed by atoms with Gasteiger partial charge in [-0.3, -0.25) is 9.63 Å². The average molecular weight is 404 g/mol. The number of hydrogen-bond acceptors (Lipinski definition) is 2. The molecular weight excluding hydrogens is 358 g/mol. The lowest BCUT2D eigenvalue weighted by molar-refractivity contribution is -0.0957. The summed E-state index contributed by atoms with van der Waals surface area (Å²) in [6.45, 7) is 2.95. The third-order valence-electron chi connectivity index (χ3n) is 5.68. The van der Waals surface area contributed by atoms with E-state index in [4.69, 9.17) is 4.84 Å². The van der Waals surface area contributed by atoms with Crippen LogP contribution in [0.4, 0.5) is 0 Å². The molecular formula is C26H45NO2. The fourth-order valence-corrected chi connectivity index (χ4v) is 3.80. The minimum atomic E-state index is -0.0472. The van der Waals surface area contributed by atoms with Gasteiger partial charge in [0, 0.05) is 12.1 Å². The van der Waals surface area contributed by atoms with Crippen LogP contribution in [0.15, 0.2) is 30.3 Å². The normalized spacial score (nSPS) is 11.0. The second-order valence-electron chi connectivity index (χ2n) is 8.26. The van der Waals surface area contributed by atoms with E-state index < -0.39 is 0 Å². The molecule has 0 aliphatic rings. The van der Waals surface area contributed by atoms with Crippen molar-refractivity contribution in [3.05, 3.63) is 35.9 Å². The van der Waals surface area contributed by atoms with Crippen molar-refractivity contribution in [1.29, 1.82) is 0 Å². The Morgan fingerprint density at radius 3 is 1.52 bits per heavy atom. The van der Waals surface area contributed by atoms with Crippen LogP contribution in [0.3, 0.4) is 0 Å². The first kappa shape index (κ1) is 25.7. The van der Waals surface area contributed by atoms with E-state index in [0.29, 0.717) is 12.1 Å². The highest BCUT2D eigenvalue weighted by atomic mass is 16.7. The van der Waals surface area contributed by atoms with Gasteiger partial charge < -0.3 is 0 Å². The maximum absolute atomic E-state index is 12.4. The molecule has 0 unspecified atom stereocenters. The predicted octanol–water partition coefficient (Wildman–Crippen LogP) is 7.95. The molecule has 0 saturated heterocycles. The van der Waals surface area contributed by atoms with Gasteiger partial charge in [0.15, 0.2) is 0 Å². The number of hydrogen-bond donors (Lipinski definition) is 0. The van der Waals surface area contributed by atoms with E-state index in [1.54, 1.807) is 7.11 Å². The van der Waals surface area contributed by atoms with Gasteiger partial charge in [-0.2, -0.15) is 0 Å². The molecule has 1 amide bonds. The van der Waals surface area contributed by atoms with Crippen molar-refractivity contribution >= 4 is 5.91 Å². The lowest BCUT2D eigenvalue weighted by atomic mass is 10.0. The van der Waals surface area contributed by atoms with Crippen LogP contribution in [0.5, 0.6) is 0 Å². The summed E-state index contributed by atoms with van der Waals surface area (Å²) in [5.74, 6) is -0.0472. The van der Waals surface area contributed by atoms with E-state index in [1.807, 2.05) is 30.3 Å². The van der Waals surface area contributed by atoms with E-state index in [2.05, 4.69) is 6.92 Å². The Hall–Kier alpha value is -1.35. The Balaban J connectivity index is 1.88. The summed E-state index contributed by atoms with van der Waals surface area (Å²) in [5, 5.41) is 1.49. The lowest BCUT2D eigenvalue weighted by Gasteiger charge is -2.19. The largest absolute Gasteiger partial charge is 0.277 e. The maximum Gasteiger partial charge on any atom is 0.277 e. The predicted molar refractivity (Wildman–Crippen MR) is 124 cm³/mol. The molecule has 0 saturated carbocycles. The third kappa shape index (κ3) is 13.5. The minimum Gasteiger partial charge on any atom is -0.274 e. The van der Waals surface area contributed by atoms with Crippen LogP contribution in [0.2, 0.25) is 0 Å². The molecule has 166 valence electrons. The SMILES string of the molecule is CCCCCCCCCCCCCCCCCCN(OC)C(=O)c1ccccc1. The summed E-state index contributed by atoms with van der Waals surface area (Å²) >= 11 is 0. The zero-order valence-corrected chi connectivity index (χ0v) is 19.2. The zero-order valence-electron chi connectivity index (χ0n) is 19.2. The third-order valence-corrected chi connectivity index (χ3v) is 5.68. The Morgan fingerprint density at radius 2 is 1.10 bits per heavy atom. The van der Waals surface area contributed by atoms with Crippen molar-refractivity contribution in [1.82, 2.24) is 5.06 Å². The summed E-state index contributed by atoms with van der Waals surface area (Å²) in [7, 11) is 1.58. The second kappa shape index (κ2) is 18.7. The molecule has 0 atom stereocenters. The summed E-state index contributed by atoms with van der Waals surface area (Å²) in [4.78, 5) is 17.6. The van der Waals surface area contributed by atoms with Crippen LogP contribution in [-0.2, 0) is 4.84 Å². The molecule has 1 rings (SSSR count). The topological polar surface area (TPSA) is 29.5 Å². The highest BCUT2D eigenvalue weighted by Gasteiger charge is 2.14. The molecule has 0 heterocycles. The first-order valence-electron chi connectivity index (χ1n) is 12.2. The standard InChI is InChI=1S/C26H45NO2/c1-3-4-5-6-7-8-9-10-11-12-13-14-15-16-17-21-24-27(29-2)26(28)25-22-19-18-20-23-25/h18-20,22-23H,3-17,21,24H2,1-2H3. The van der Waals surface area contributed by atoms with Crippen molar-refractivity contribution < 1.29 is 9.63 Å². The van der Waals surface area contributed by atoms with Crippen molar-refractivity contribution in [3.8, 4) is 0 Å². The smallest absolute Gasteiger partial charge is 0.274 e. The Bertz CT molecular complexity index is 489. The number of benzene rings is 1. The molecule has 1 aromatic carbocycles. The molecule has 0 spiro atoms. The first-order chi connectivity index (χ1) is 14.3. The highest BCUT2D eigenvalue weighted by Crippen LogP contribution is 2.14. The molecule has 0 fully saturated rings. The van der Waals surface area contributed by atoms with Gasteiger partial charge in [-0.1, -0.05) is 121 Å². The first-order valence-corrected chi connectivity index (χ1v) is 12.2. The lowest BCUT2D eigenvalue weighted by Crippen LogP contribution is -2.30. The number of hydroxylamine groups is 2. The van der Waals surface area contributed by atoms with Gasteiger partial charge in [-0.05, 0) is 18.6 Å². The number of carbonyl (C=O) groups is 1. The van der Waals surface area contributed by atoms with Gasteiger partial charge in [-0.15, -0.1) is 0 Å². The highest BCUT2D eigenvalue weighted by molar-refractivity contribution is 5.93. The molecule has 0 aliphatic heterocycles. The molecule has 3 nitrogen and oxygen atoms in total.